The number of hydrogen-bond donors (Lipinski definition) is 2. The van der Waals surface area contributed by atoms with Gasteiger partial charge in [0.1, 0.15) is 5.56 Å². The number of carbonyl (C=O) groups is 3. The summed E-state index contributed by atoms with van der Waals surface area (Å²) in [7, 11) is 0.893. The molecule has 0 spiro atoms. The summed E-state index contributed by atoms with van der Waals surface area (Å²) in [5.74, 6) is 1.61. The molecule has 1 aromatic heterocycles. The highest BCUT2D eigenvalue weighted by atomic mass is 19.4. The van der Waals surface area contributed by atoms with Gasteiger partial charge in [-0.2, -0.15) is 13.2 Å². The number of carbonyl (C=O) groups excluding carboxylic acids is 3. The van der Waals surface area contributed by atoms with Crippen LogP contribution in [0, 0.1) is 5.92 Å². The fraction of sp³-hybridized carbons (Fsp3) is 0.562. The molecule has 0 aliphatic carbocycles. The van der Waals surface area contributed by atoms with Crippen LogP contribution in [0.2, 0.25) is 0 Å². The van der Waals surface area contributed by atoms with Crippen molar-refractivity contribution >= 4 is 24.2 Å². The van der Waals surface area contributed by atoms with Gasteiger partial charge in [0, 0.05) is 6.20 Å². The highest BCUT2D eigenvalue weighted by Gasteiger charge is 2.39. The van der Waals surface area contributed by atoms with E-state index < -0.39 is 47.7 Å². The van der Waals surface area contributed by atoms with Gasteiger partial charge in [-0.15, -0.1) is 0 Å². The van der Waals surface area contributed by atoms with Crippen LogP contribution in [0.1, 0.15) is 48.7 Å². The fourth-order valence-electron chi connectivity index (χ4n) is 2.46. The fourth-order valence-corrected chi connectivity index (χ4v) is 2.46. The van der Waals surface area contributed by atoms with Gasteiger partial charge in [-0.05, 0) is 6.42 Å². The summed E-state index contributed by atoms with van der Waals surface area (Å²) in [5.41, 5.74) is -2.55. The summed E-state index contributed by atoms with van der Waals surface area (Å²) in [6.45, 7) is 1.51. The van der Waals surface area contributed by atoms with Gasteiger partial charge in [0.05, 0.1) is 19.6 Å². The first-order chi connectivity index (χ1) is 13.6. The molecule has 0 aromatic carbocycles. The highest BCUT2D eigenvalue weighted by molar-refractivity contribution is 5.93. The van der Waals surface area contributed by atoms with Crippen molar-refractivity contribution in [2.45, 2.75) is 38.8 Å². The topological polar surface area (TPSA) is 139 Å². The number of methoxy groups -OCH3 is 1. The average molecular weight is 421 g/mol. The van der Waals surface area contributed by atoms with Crippen molar-refractivity contribution in [3.05, 3.63) is 17.5 Å². The predicted molar refractivity (Wildman–Crippen MR) is 92.2 cm³/mol. The van der Waals surface area contributed by atoms with E-state index in [4.69, 9.17) is 5.84 Å². The lowest BCUT2D eigenvalue weighted by Crippen LogP contribution is -2.46. The smallest absolute Gasteiger partial charge is 0.434 e. The number of unbranched alkanes of at least 4 members (excludes halogenated alkanes) is 2. The molecule has 1 heterocycles. The minimum absolute atomic E-state index is 0.0877. The van der Waals surface area contributed by atoms with Crippen LogP contribution in [0.3, 0.4) is 0 Å². The monoisotopic (exact) mass is 421 g/mol. The lowest BCUT2D eigenvalue weighted by molar-refractivity contribution is -0.154. The number of ether oxygens (including phenoxy) is 1. The molecule has 1 rings (SSSR count). The van der Waals surface area contributed by atoms with Crippen molar-refractivity contribution in [3.8, 4) is 0 Å². The van der Waals surface area contributed by atoms with Gasteiger partial charge in [-0.25, -0.2) is 30.7 Å². The summed E-state index contributed by atoms with van der Waals surface area (Å²) < 4.78 is 44.0. The third-order valence-electron chi connectivity index (χ3n) is 3.94. The van der Waals surface area contributed by atoms with E-state index in [2.05, 4.69) is 14.7 Å². The molecule has 10 nitrogen and oxygen atoms in total. The second-order valence-corrected chi connectivity index (χ2v) is 6.05. The third kappa shape index (κ3) is 6.64. The number of anilines is 1. The van der Waals surface area contributed by atoms with Crippen LogP contribution < -0.4 is 10.9 Å². The molecule has 0 bridgehead atoms. The number of rotatable bonds is 10. The molecule has 2 amide bonds. The van der Waals surface area contributed by atoms with Crippen molar-refractivity contribution in [3.63, 3.8) is 0 Å². The molecule has 162 valence electrons. The van der Waals surface area contributed by atoms with Crippen LogP contribution in [0.4, 0.5) is 19.1 Å². The first kappa shape index (κ1) is 24.2. The molecule has 3 N–H and O–H groups in total. The number of amides is 2. The first-order valence-corrected chi connectivity index (χ1v) is 8.58. The molecule has 1 atom stereocenters. The summed E-state index contributed by atoms with van der Waals surface area (Å²) >= 11 is 0. The quantitative estimate of drug-likeness (QED) is 0.110. The number of aromatic nitrogens is 2. The van der Waals surface area contributed by atoms with Crippen LogP contribution in [-0.2, 0) is 20.5 Å². The number of hydrazine groups is 1. The Morgan fingerprint density at radius 2 is 2.03 bits per heavy atom. The molecule has 0 saturated carbocycles. The van der Waals surface area contributed by atoms with Crippen LogP contribution >= 0.6 is 0 Å². The molecule has 1 aromatic rings. The molecular weight excluding hydrogens is 399 g/mol. The van der Waals surface area contributed by atoms with Crippen molar-refractivity contribution in [1.82, 2.24) is 15.0 Å². The van der Waals surface area contributed by atoms with E-state index in [-0.39, 0.29) is 17.9 Å². The molecule has 13 heteroatoms. The van der Waals surface area contributed by atoms with Crippen molar-refractivity contribution < 1.29 is 37.5 Å². The predicted octanol–water partition coefficient (Wildman–Crippen LogP) is 1.53. The van der Waals surface area contributed by atoms with Crippen molar-refractivity contribution in [2.75, 3.05) is 18.7 Å². The maximum Gasteiger partial charge on any atom is 0.434 e. The zero-order chi connectivity index (χ0) is 22.2. The van der Waals surface area contributed by atoms with Gasteiger partial charge < -0.3 is 4.74 Å². The minimum Gasteiger partial charge on any atom is -0.465 e. The van der Waals surface area contributed by atoms with Crippen LogP contribution in [0.5, 0.6) is 0 Å². The Kier molecular flexibility index (Phi) is 8.91. The zero-order valence-corrected chi connectivity index (χ0v) is 15.8. The van der Waals surface area contributed by atoms with E-state index in [1.165, 1.54) is 0 Å². The summed E-state index contributed by atoms with van der Waals surface area (Å²) in [5, 5.41) is 9.92. The van der Waals surface area contributed by atoms with Crippen LogP contribution in [0.25, 0.3) is 0 Å². The third-order valence-corrected chi connectivity index (χ3v) is 3.94. The number of hydroxylamine groups is 2. The van der Waals surface area contributed by atoms with Crippen molar-refractivity contribution in [1.29, 1.82) is 0 Å². The number of hydrogen-bond acceptors (Lipinski definition) is 8. The van der Waals surface area contributed by atoms with E-state index in [1.807, 2.05) is 6.92 Å². The average Bonchev–Trinajstić information content (AvgIpc) is 2.70. The molecule has 0 fully saturated rings. The van der Waals surface area contributed by atoms with E-state index >= 15 is 0 Å². The van der Waals surface area contributed by atoms with Gasteiger partial charge in [0.2, 0.25) is 18.3 Å². The SMILES string of the molecule is CCCCCC(CN(O)C=O)C(=O)N(N)c1ncc(C(=O)OC)c(C(F)(F)F)n1. The second kappa shape index (κ2) is 10.7. The Morgan fingerprint density at radius 3 is 2.55 bits per heavy atom. The van der Waals surface area contributed by atoms with E-state index in [9.17, 15) is 32.8 Å². The molecule has 0 aliphatic rings. The molecular formula is C16H22F3N5O5. The number of halogens is 3. The molecule has 1 unspecified atom stereocenters. The van der Waals surface area contributed by atoms with Gasteiger partial charge in [-0.1, -0.05) is 26.2 Å². The van der Waals surface area contributed by atoms with E-state index in [0.717, 1.165) is 20.0 Å². The van der Waals surface area contributed by atoms with Crippen LogP contribution in [0.15, 0.2) is 6.20 Å². The maximum atomic E-state index is 13.3. The van der Waals surface area contributed by atoms with E-state index in [0.29, 0.717) is 17.6 Å². The minimum atomic E-state index is -5.04. The molecule has 0 saturated heterocycles. The molecule has 0 aliphatic heterocycles. The number of nitrogens with zero attached hydrogens (tertiary/aromatic N) is 4. The second-order valence-electron chi connectivity index (χ2n) is 6.05. The van der Waals surface area contributed by atoms with Gasteiger partial charge in [0.25, 0.3) is 0 Å². The van der Waals surface area contributed by atoms with Crippen molar-refractivity contribution in [2.24, 2.45) is 11.8 Å². The number of alkyl halides is 3. The zero-order valence-electron chi connectivity index (χ0n) is 15.8. The summed E-state index contributed by atoms with van der Waals surface area (Å²) in [6, 6.07) is 0. The maximum absolute atomic E-state index is 13.3. The van der Waals surface area contributed by atoms with Gasteiger partial charge in [0.15, 0.2) is 5.69 Å². The lowest BCUT2D eigenvalue weighted by atomic mass is 10.00. The Morgan fingerprint density at radius 1 is 1.38 bits per heavy atom. The van der Waals surface area contributed by atoms with Gasteiger partial charge >= 0.3 is 12.1 Å². The number of nitrogens with two attached hydrogens (primary N) is 1. The Hall–Kier alpha value is -2.80. The normalized spacial score (nSPS) is 12.2. The van der Waals surface area contributed by atoms with E-state index in [1.54, 1.807) is 0 Å². The Labute approximate surface area is 164 Å². The van der Waals surface area contributed by atoms with Crippen LogP contribution in [-0.4, -0.2) is 52.2 Å². The summed E-state index contributed by atoms with van der Waals surface area (Å²) in [4.78, 5) is 41.5. The number of esters is 1. The molecule has 29 heavy (non-hydrogen) atoms. The Balaban J connectivity index is 3.21. The standard InChI is InChI=1S/C16H22F3N5O5/c1-3-4-5-6-10(8-23(28)9-25)13(26)24(20)15-21-7-11(14(27)29-2)12(22-15)16(17,18)19/h7,9-10,28H,3-6,8,20H2,1-2H3. The van der Waals surface area contributed by atoms with Gasteiger partial charge in [-0.3, -0.25) is 14.8 Å². The Bertz CT molecular complexity index is 731. The first-order valence-electron chi connectivity index (χ1n) is 8.58. The highest BCUT2D eigenvalue weighted by Crippen LogP contribution is 2.31. The lowest BCUT2D eigenvalue weighted by Gasteiger charge is -2.24. The molecule has 0 radical (unpaired) electrons. The summed E-state index contributed by atoms with van der Waals surface area (Å²) in [6.07, 6.45) is -2.03. The largest absolute Gasteiger partial charge is 0.465 e.